The Labute approximate surface area is 349 Å². The van der Waals surface area contributed by atoms with Crippen LogP contribution < -0.4 is 26.0 Å². The number of fused-ring (bicyclic) bond motifs is 1. The molecule has 15 heteroatoms. The van der Waals surface area contributed by atoms with E-state index in [9.17, 15) is 24.0 Å². The highest BCUT2D eigenvalue weighted by molar-refractivity contribution is 6.03. The number of primary amides is 1. The number of Topliss-reactive ketones (excluding diaryl/α,β-unsaturated/α-hetero) is 2. The Bertz CT molecular complexity index is 2330. The van der Waals surface area contributed by atoms with Crippen LogP contribution in [0.3, 0.4) is 0 Å². The van der Waals surface area contributed by atoms with Crippen molar-refractivity contribution in [2.75, 3.05) is 86.8 Å². The molecule has 2 atom stereocenters. The molecule has 314 valence electrons. The Morgan fingerprint density at radius 1 is 0.817 bits per heavy atom. The summed E-state index contributed by atoms with van der Waals surface area (Å²) in [7, 11) is 0. The van der Waals surface area contributed by atoms with Crippen LogP contribution in [0.5, 0.6) is 0 Å². The predicted molar refractivity (Wildman–Crippen MR) is 228 cm³/mol. The normalized spacial score (nSPS) is 22.2. The number of piperidine rings is 2. The molecule has 1 aliphatic carbocycles. The van der Waals surface area contributed by atoms with Gasteiger partial charge in [-0.05, 0) is 85.4 Å². The zero-order chi connectivity index (χ0) is 41.3. The second-order valence-electron chi connectivity index (χ2n) is 17.0. The number of rotatable bonds is 10. The van der Waals surface area contributed by atoms with E-state index in [1.54, 1.807) is 17.3 Å². The zero-order valence-corrected chi connectivity index (χ0v) is 34.0. The summed E-state index contributed by atoms with van der Waals surface area (Å²) in [6.45, 7) is 9.41. The number of nitrogens with two attached hydrogens (primary N) is 1. The number of carbonyl (C=O) groups is 4. The molecule has 0 bridgehead atoms. The van der Waals surface area contributed by atoms with Crippen molar-refractivity contribution in [3.63, 3.8) is 0 Å². The third-order valence-corrected chi connectivity index (χ3v) is 13.3. The van der Waals surface area contributed by atoms with Gasteiger partial charge in [-0.15, -0.1) is 0 Å². The van der Waals surface area contributed by atoms with E-state index in [4.69, 9.17) is 15.5 Å². The number of benzene rings is 2. The van der Waals surface area contributed by atoms with Crippen molar-refractivity contribution in [3.8, 4) is 0 Å². The average Bonchev–Trinajstić information content (AvgIpc) is 3.70. The highest BCUT2D eigenvalue weighted by Gasteiger charge is 2.34. The van der Waals surface area contributed by atoms with Crippen LogP contribution in [0, 0.1) is 5.92 Å². The largest absolute Gasteiger partial charge is 0.448 e. The van der Waals surface area contributed by atoms with E-state index in [0.29, 0.717) is 61.8 Å². The van der Waals surface area contributed by atoms with Crippen molar-refractivity contribution in [3.05, 3.63) is 88.2 Å². The summed E-state index contributed by atoms with van der Waals surface area (Å²) in [6.07, 6.45) is 8.19. The first-order valence-electron chi connectivity index (χ1n) is 21.5. The Kier molecular flexibility index (Phi) is 11.2. The lowest BCUT2D eigenvalue weighted by molar-refractivity contribution is -0.132. The molecule has 1 saturated carbocycles. The Morgan fingerprint density at radius 3 is 2.32 bits per heavy atom. The first kappa shape index (κ1) is 39.6. The number of hydrogen-bond acceptors (Lipinski definition) is 12. The number of cyclic esters (lactones) is 1. The van der Waals surface area contributed by atoms with Gasteiger partial charge in [-0.25, -0.2) is 14.8 Å². The summed E-state index contributed by atoms with van der Waals surface area (Å²) in [4.78, 5) is 82.9. The summed E-state index contributed by atoms with van der Waals surface area (Å²) in [5.74, 6) is 0.491. The SMILES string of the molecule is NC(=O)c1ncc(N2CCC[C@@H](N3CCOC3=O)C2)nc1Cc1ccc(N2CCN(CC3CCN(c4ccc5c(=O)n(C6CCC(=O)CC6=O)ccc5c4)CC3)CC2)cc1. The summed E-state index contributed by atoms with van der Waals surface area (Å²) in [5, 5.41) is 1.47. The Balaban J connectivity index is 0.756. The molecule has 5 aliphatic rings. The highest BCUT2D eigenvalue weighted by Crippen LogP contribution is 2.29. The van der Waals surface area contributed by atoms with Gasteiger partial charge in [0.1, 0.15) is 23.9 Å². The molecule has 15 nitrogen and oxygen atoms in total. The average molecular weight is 816 g/mol. The van der Waals surface area contributed by atoms with Crippen molar-refractivity contribution >= 4 is 51.5 Å². The maximum Gasteiger partial charge on any atom is 0.410 e. The van der Waals surface area contributed by atoms with Gasteiger partial charge in [-0.3, -0.25) is 24.1 Å². The van der Waals surface area contributed by atoms with E-state index in [1.807, 2.05) is 18.2 Å². The number of piperazine rings is 1. The van der Waals surface area contributed by atoms with E-state index in [1.165, 1.54) is 10.3 Å². The van der Waals surface area contributed by atoms with Gasteiger partial charge in [0.05, 0.1) is 36.9 Å². The van der Waals surface area contributed by atoms with Crippen molar-refractivity contribution in [2.24, 2.45) is 11.7 Å². The molecule has 4 aromatic rings. The van der Waals surface area contributed by atoms with Crippen LogP contribution in [0.2, 0.25) is 0 Å². The third-order valence-electron chi connectivity index (χ3n) is 13.3. The quantitative estimate of drug-likeness (QED) is 0.231. The molecule has 0 spiro atoms. The molecular formula is C45H53N9O6. The van der Waals surface area contributed by atoms with Crippen LogP contribution >= 0.6 is 0 Å². The second-order valence-corrected chi connectivity index (χ2v) is 17.0. The fourth-order valence-corrected chi connectivity index (χ4v) is 9.84. The van der Waals surface area contributed by atoms with Gasteiger partial charge in [-0.1, -0.05) is 12.1 Å². The lowest BCUT2D eigenvalue weighted by Gasteiger charge is -2.40. The topological polar surface area (TPSA) is 168 Å². The van der Waals surface area contributed by atoms with Crippen molar-refractivity contribution in [1.82, 2.24) is 24.3 Å². The molecule has 0 radical (unpaired) electrons. The number of amides is 2. The maximum absolute atomic E-state index is 13.3. The summed E-state index contributed by atoms with van der Waals surface area (Å²) in [5.41, 5.74) is 9.61. The number of anilines is 3. The van der Waals surface area contributed by atoms with Crippen LogP contribution in [0.25, 0.3) is 10.8 Å². The number of aromatic nitrogens is 3. The lowest BCUT2D eigenvalue weighted by atomic mass is 9.92. The van der Waals surface area contributed by atoms with E-state index in [0.717, 1.165) is 94.7 Å². The van der Waals surface area contributed by atoms with Gasteiger partial charge < -0.3 is 34.6 Å². The van der Waals surface area contributed by atoms with E-state index >= 15 is 0 Å². The van der Waals surface area contributed by atoms with Crippen LogP contribution in [0.4, 0.5) is 22.0 Å². The monoisotopic (exact) mass is 815 g/mol. The molecule has 2 N–H and O–H groups in total. The molecule has 4 aliphatic heterocycles. The lowest BCUT2D eigenvalue weighted by Crippen LogP contribution is -2.49. The second kappa shape index (κ2) is 17.0. The standard InChI is InChI=1S/C45H53N9O6/c46-43(57)42-38(48-41(27-47-42)52-14-1-2-35(29-52)53-22-23-60-45(53)59)24-30-3-5-33(6-4-30)51-20-18-49(19-21-51)28-31-11-15-50(16-12-31)34-7-9-37-32(25-34)13-17-54(44(37)58)39-10-8-36(55)26-40(39)56/h3-7,9,13,17,25,27,31,35,39H,1-2,8,10-12,14-16,18-24,26,28-29H2,(H2,46,57)/t35-,39?/m1/s1. The minimum atomic E-state index is -0.601. The van der Waals surface area contributed by atoms with Gasteiger partial charge in [0.25, 0.3) is 11.5 Å². The Hall–Kier alpha value is -5.83. The smallest absolute Gasteiger partial charge is 0.410 e. The minimum Gasteiger partial charge on any atom is -0.448 e. The van der Waals surface area contributed by atoms with Crippen molar-refractivity contribution in [2.45, 2.75) is 63.5 Å². The van der Waals surface area contributed by atoms with Gasteiger partial charge in [-0.2, -0.15) is 0 Å². The van der Waals surface area contributed by atoms with E-state index < -0.39 is 11.9 Å². The van der Waals surface area contributed by atoms with Gasteiger partial charge in [0.2, 0.25) is 0 Å². The fourth-order valence-electron chi connectivity index (χ4n) is 9.84. The number of hydrogen-bond donors (Lipinski definition) is 1. The molecule has 1 unspecified atom stereocenters. The summed E-state index contributed by atoms with van der Waals surface area (Å²) < 4.78 is 6.69. The van der Waals surface area contributed by atoms with E-state index in [2.05, 4.69) is 54.9 Å². The maximum atomic E-state index is 13.3. The van der Waals surface area contributed by atoms with E-state index in [-0.39, 0.29) is 41.4 Å². The van der Waals surface area contributed by atoms with Crippen LogP contribution in [-0.4, -0.2) is 126 Å². The van der Waals surface area contributed by atoms with Gasteiger partial charge >= 0.3 is 6.09 Å². The molecule has 60 heavy (non-hydrogen) atoms. The summed E-state index contributed by atoms with van der Waals surface area (Å²) >= 11 is 0. The molecule has 4 saturated heterocycles. The molecular weight excluding hydrogens is 763 g/mol. The Morgan fingerprint density at radius 2 is 1.58 bits per heavy atom. The molecule has 6 heterocycles. The fraction of sp³-hybridized carbons (Fsp3) is 0.489. The van der Waals surface area contributed by atoms with Crippen LogP contribution in [0.1, 0.15) is 72.7 Å². The van der Waals surface area contributed by atoms with Crippen LogP contribution in [0.15, 0.2) is 65.7 Å². The molecule has 2 aromatic carbocycles. The van der Waals surface area contributed by atoms with Crippen molar-refractivity contribution < 1.29 is 23.9 Å². The number of ketones is 2. The number of nitrogens with zero attached hydrogens (tertiary/aromatic N) is 8. The molecule has 2 aromatic heterocycles. The molecule has 9 rings (SSSR count). The zero-order valence-electron chi connectivity index (χ0n) is 34.0. The number of carbonyl (C=O) groups excluding carboxylic acids is 4. The first-order valence-corrected chi connectivity index (χ1v) is 21.5. The van der Waals surface area contributed by atoms with Gasteiger partial charge in [0.15, 0.2) is 5.78 Å². The summed E-state index contributed by atoms with van der Waals surface area (Å²) in [6, 6.07) is 15.9. The number of ether oxygens (including phenoxy) is 1. The van der Waals surface area contributed by atoms with Crippen LogP contribution in [-0.2, 0) is 20.7 Å². The van der Waals surface area contributed by atoms with Crippen molar-refractivity contribution in [1.29, 1.82) is 0 Å². The number of pyridine rings is 1. The minimum absolute atomic E-state index is 0.0476. The highest BCUT2D eigenvalue weighted by atomic mass is 16.6. The predicted octanol–water partition coefficient (Wildman–Crippen LogP) is 3.80. The molecule has 5 fully saturated rings. The van der Waals surface area contributed by atoms with Gasteiger partial charge in [0, 0.05) is 94.7 Å². The third kappa shape index (κ3) is 8.32. The molecule has 2 amide bonds. The first-order chi connectivity index (χ1) is 29.2.